The smallest absolute Gasteiger partial charge is 0.330 e. The van der Waals surface area contributed by atoms with Crippen molar-refractivity contribution in [1.82, 2.24) is 14.2 Å². The van der Waals surface area contributed by atoms with E-state index in [0.29, 0.717) is 23.0 Å². The van der Waals surface area contributed by atoms with Crippen molar-refractivity contribution in [2.75, 3.05) is 46.0 Å². The zero-order valence-electron chi connectivity index (χ0n) is 34.9. The van der Waals surface area contributed by atoms with Crippen LogP contribution in [0.3, 0.4) is 0 Å². The Balaban J connectivity index is 1.46. The second-order valence-corrected chi connectivity index (χ2v) is 18.7. The van der Waals surface area contributed by atoms with Gasteiger partial charge in [0.1, 0.15) is 48.1 Å². The maximum atomic E-state index is 13.4. The van der Waals surface area contributed by atoms with Crippen LogP contribution in [-0.4, -0.2) is 103 Å². The summed E-state index contributed by atoms with van der Waals surface area (Å²) in [5, 5.41) is 0. The number of rotatable bonds is 19. The number of aromatic amines is 1. The first-order valence-electron chi connectivity index (χ1n) is 19.7. The highest BCUT2D eigenvalue weighted by Gasteiger charge is 2.52. The maximum absolute atomic E-state index is 13.4. The molecule has 0 bridgehead atoms. The highest BCUT2D eigenvalue weighted by Crippen LogP contribution is 2.53. The number of ether oxygens (including phenoxy) is 6. The molecule has 2 saturated heterocycles. The van der Waals surface area contributed by atoms with E-state index >= 15 is 0 Å². The second kappa shape index (κ2) is 21.4. The maximum Gasteiger partial charge on any atom is 0.330 e. The third-order valence-electron chi connectivity index (χ3n) is 10.3. The summed E-state index contributed by atoms with van der Waals surface area (Å²) in [7, 11) is 6.40. The predicted molar refractivity (Wildman–Crippen MR) is 237 cm³/mol. The molecule has 7 atom stereocenters. The highest BCUT2D eigenvalue weighted by molar-refractivity contribution is 8.76. The first kappa shape index (κ1) is 45.9. The van der Waals surface area contributed by atoms with Crippen LogP contribution < -0.4 is 20.7 Å². The molecule has 3 aromatic carbocycles. The van der Waals surface area contributed by atoms with Gasteiger partial charge >= 0.3 is 5.69 Å². The largest absolute Gasteiger partial charge is 0.497 e. The van der Waals surface area contributed by atoms with Gasteiger partial charge in [-0.05, 0) is 68.7 Å². The number of methoxy groups -OCH3 is 3. The lowest BCUT2D eigenvalue weighted by atomic mass is 9.80. The summed E-state index contributed by atoms with van der Waals surface area (Å²) in [4.78, 5) is 28.0. The number of hydrogen-bond donors (Lipinski definition) is 1. The summed E-state index contributed by atoms with van der Waals surface area (Å²) < 4.78 is 55.4. The van der Waals surface area contributed by atoms with Gasteiger partial charge in [-0.1, -0.05) is 82.1 Å². The van der Waals surface area contributed by atoms with Gasteiger partial charge in [-0.2, -0.15) is 0 Å². The van der Waals surface area contributed by atoms with Crippen LogP contribution >= 0.6 is 30.1 Å². The Bertz CT molecular complexity index is 2060. The van der Waals surface area contributed by atoms with Gasteiger partial charge in [-0.25, -0.2) is 9.46 Å². The lowest BCUT2D eigenvalue weighted by molar-refractivity contribution is -0.0961. The molecule has 0 aliphatic carbocycles. The Hall–Kier alpha value is -3.65. The van der Waals surface area contributed by atoms with Crippen molar-refractivity contribution in [2.24, 2.45) is 0 Å². The lowest BCUT2D eigenvalue weighted by Crippen LogP contribution is -2.44. The first-order valence-corrected chi connectivity index (χ1v) is 23.4. The number of nitrogens with zero attached hydrogens (tertiary/aromatic N) is 2. The molecule has 16 heteroatoms. The van der Waals surface area contributed by atoms with Crippen LogP contribution in [0.4, 0.5) is 0 Å². The predicted octanol–water partition coefficient (Wildman–Crippen LogP) is 7.00. The van der Waals surface area contributed by atoms with Crippen molar-refractivity contribution >= 4 is 30.1 Å². The Morgan fingerprint density at radius 3 is 1.95 bits per heavy atom. The van der Waals surface area contributed by atoms with E-state index in [2.05, 4.69) is 43.3 Å². The van der Waals surface area contributed by atoms with E-state index in [4.69, 9.17) is 43.9 Å². The molecular formula is C44H54N3O10PS2. The van der Waals surface area contributed by atoms with Gasteiger partial charge in [-0.3, -0.25) is 14.3 Å². The molecule has 0 radical (unpaired) electrons. The van der Waals surface area contributed by atoms with E-state index in [1.165, 1.54) is 16.8 Å². The minimum atomic E-state index is -1.83. The monoisotopic (exact) mass is 879 g/mol. The number of hydrogen-bond acceptors (Lipinski definition) is 13. The van der Waals surface area contributed by atoms with Crippen LogP contribution in [-0.2, 0) is 33.6 Å². The van der Waals surface area contributed by atoms with Crippen LogP contribution in [0.2, 0.25) is 0 Å². The molecule has 60 heavy (non-hydrogen) atoms. The van der Waals surface area contributed by atoms with E-state index in [1.807, 2.05) is 78.9 Å². The number of nitrogens with one attached hydrogen (secondary N) is 1. The van der Waals surface area contributed by atoms with Gasteiger partial charge in [0.2, 0.25) is 0 Å². The number of benzene rings is 3. The molecular weight excluding hydrogens is 826 g/mol. The van der Waals surface area contributed by atoms with E-state index in [9.17, 15) is 9.59 Å². The fourth-order valence-corrected chi connectivity index (χ4v) is 12.0. The lowest BCUT2D eigenvalue weighted by Gasteiger charge is -2.41. The van der Waals surface area contributed by atoms with Crippen LogP contribution in [0, 0.1) is 12.3 Å². The van der Waals surface area contributed by atoms with Crippen molar-refractivity contribution in [1.29, 1.82) is 0 Å². The average Bonchev–Trinajstić information content (AvgIpc) is 3.60. The van der Waals surface area contributed by atoms with Crippen LogP contribution in [0.25, 0.3) is 0 Å². The van der Waals surface area contributed by atoms with E-state index in [0.717, 1.165) is 16.7 Å². The highest BCUT2D eigenvalue weighted by atomic mass is 33.1. The molecule has 2 fully saturated rings. The molecule has 4 aromatic rings. The topological polar surface area (TPSA) is 132 Å². The standard InChI is InChI=1S/C44H54N3O10PS2/c1-9-25-53-37-27-59-60-28-38(37)56-58(47(29(2)3)30(4)5)57-40-36(55-42(41(40)52-8)46-24-23-39(48)45-43(46)49)26-54-44(31-13-11-10-12-14-31,32-15-19-34(50-6)20-16-32)33-17-21-35(51-7)22-18-33/h1,10-24,29-30,36-38,40-42H,25-28H2,2-8H3,(H,45,48,49)/t36-,37-,38+,40-,41-,42-,58?/m1/s1. The summed E-state index contributed by atoms with van der Waals surface area (Å²) in [5.74, 6) is 5.32. The molecule has 13 nitrogen and oxygen atoms in total. The fraction of sp³-hybridized carbons (Fsp3) is 0.455. The van der Waals surface area contributed by atoms with Gasteiger partial charge in [0, 0.05) is 43.0 Å². The van der Waals surface area contributed by atoms with E-state index in [1.54, 1.807) is 42.9 Å². The first-order chi connectivity index (χ1) is 29.0. The third-order valence-corrected chi connectivity index (χ3v) is 14.9. The molecule has 322 valence electrons. The summed E-state index contributed by atoms with van der Waals surface area (Å²) in [6.07, 6.45) is 2.87. The van der Waals surface area contributed by atoms with E-state index < -0.39 is 49.9 Å². The van der Waals surface area contributed by atoms with Gasteiger partial charge < -0.3 is 37.5 Å². The summed E-state index contributed by atoms with van der Waals surface area (Å²) in [6, 6.07) is 26.8. The van der Waals surface area contributed by atoms with Crippen molar-refractivity contribution in [3.05, 3.63) is 129 Å². The summed E-state index contributed by atoms with van der Waals surface area (Å²) in [6.45, 7) is 8.51. The zero-order chi connectivity index (χ0) is 42.8. The van der Waals surface area contributed by atoms with Crippen LogP contribution in [0.1, 0.15) is 50.6 Å². The van der Waals surface area contributed by atoms with Gasteiger partial charge in [0.05, 0.1) is 26.9 Å². The normalized spacial score (nSPS) is 22.6. The fourth-order valence-electron chi connectivity index (χ4n) is 7.53. The molecule has 2 aliphatic rings. The molecule has 6 rings (SSSR count). The van der Waals surface area contributed by atoms with Gasteiger partial charge in [0.15, 0.2) is 6.23 Å². The van der Waals surface area contributed by atoms with E-state index in [-0.39, 0.29) is 37.5 Å². The van der Waals surface area contributed by atoms with Crippen molar-refractivity contribution < 1.29 is 37.5 Å². The second-order valence-electron chi connectivity index (χ2n) is 14.7. The summed E-state index contributed by atoms with van der Waals surface area (Å²) >= 11 is 0. The van der Waals surface area contributed by atoms with Crippen LogP contribution in [0.5, 0.6) is 11.5 Å². The zero-order valence-corrected chi connectivity index (χ0v) is 37.5. The van der Waals surface area contributed by atoms with Crippen molar-refractivity contribution in [3.8, 4) is 23.8 Å². The summed E-state index contributed by atoms with van der Waals surface area (Å²) in [5.41, 5.74) is 0.136. The minimum absolute atomic E-state index is 0.0123. The Morgan fingerprint density at radius 2 is 1.42 bits per heavy atom. The number of aromatic nitrogens is 2. The minimum Gasteiger partial charge on any atom is -0.497 e. The molecule has 3 heterocycles. The Morgan fingerprint density at radius 1 is 0.833 bits per heavy atom. The molecule has 1 N–H and O–H groups in total. The number of terminal acetylenes is 1. The van der Waals surface area contributed by atoms with Crippen LogP contribution in [0.15, 0.2) is 101 Å². The molecule has 2 aliphatic heterocycles. The third kappa shape index (κ3) is 10.3. The molecule has 1 aromatic heterocycles. The van der Waals surface area contributed by atoms with Gasteiger partial charge in [0.25, 0.3) is 14.1 Å². The van der Waals surface area contributed by atoms with Crippen molar-refractivity contribution in [2.45, 2.75) is 82.1 Å². The molecule has 0 spiro atoms. The quantitative estimate of drug-likeness (QED) is 0.0449. The number of H-pyrrole nitrogens is 1. The Kier molecular flexibility index (Phi) is 16.4. The molecule has 1 unspecified atom stereocenters. The average molecular weight is 880 g/mol. The molecule has 0 amide bonds. The molecule has 0 saturated carbocycles. The van der Waals surface area contributed by atoms with Gasteiger partial charge in [-0.15, -0.1) is 6.42 Å². The van der Waals surface area contributed by atoms with Crippen molar-refractivity contribution in [3.63, 3.8) is 0 Å². The Labute approximate surface area is 361 Å². The SMILES string of the molecule is C#CCO[C@@H]1CSSC[C@@H]1OP(O[C@H]1[C@@H](OC)[C@H](n2ccc(=O)[nH]c2=O)O[C@@H]1COC(c1ccccc1)(c1ccc(OC)cc1)c1ccc(OC)cc1)N(C(C)C)C(C)C.